The Labute approximate surface area is 160 Å². The van der Waals surface area contributed by atoms with Gasteiger partial charge in [0.15, 0.2) is 11.5 Å². The molecule has 0 bridgehead atoms. The number of nitrogens with two attached hydrogens (primary N) is 1. The standard InChI is InChI=1S/C17H22N2O9/c1-17(2,3)28-14(21)19-10(13(18)20)7-9-5-6-11(27-16(24)25-4)12(8-9)26-15(22)23/h5-6,8,10H,7H2,1-4H3,(H2,18,20)(H,19,21)(H,22,23)/t10-/m0/s1. The fraction of sp³-hybridized carbons (Fsp3) is 0.412. The van der Waals surface area contributed by atoms with Crippen LogP contribution in [0.15, 0.2) is 18.2 Å². The molecule has 0 aromatic heterocycles. The maximum Gasteiger partial charge on any atom is 0.513 e. The third-order valence-corrected chi connectivity index (χ3v) is 3.04. The van der Waals surface area contributed by atoms with E-state index in [-0.39, 0.29) is 17.9 Å². The summed E-state index contributed by atoms with van der Waals surface area (Å²) in [7, 11) is 1.08. The number of amides is 2. The predicted octanol–water partition coefficient (Wildman–Crippen LogP) is 1.81. The summed E-state index contributed by atoms with van der Waals surface area (Å²) in [6.07, 6.45) is -3.66. The van der Waals surface area contributed by atoms with Crippen LogP contribution in [0.2, 0.25) is 0 Å². The minimum atomic E-state index is -1.65. The maximum absolute atomic E-state index is 11.9. The van der Waals surface area contributed by atoms with Gasteiger partial charge in [-0.15, -0.1) is 0 Å². The molecule has 0 aliphatic rings. The van der Waals surface area contributed by atoms with Gasteiger partial charge in [-0.05, 0) is 38.5 Å². The van der Waals surface area contributed by atoms with Crippen molar-refractivity contribution in [2.24, 2.45) is 5.73 Å². The number of primary amides is 1. The number of benzene rings is 1. The highest BCUT2D eigenvalue weighted by molar-refractivity contribution is 5.84. The molecule has 2 amide bonds. The van der Waals surface area contributed by atoms with Gasteiger partial charge in [-0.25, -0.2) is 14.4 Å². The van der Waals surface area contributed by atoms with Crippen LogP contribution in [0.1, 0.15) is 26.3 Å². The summed E-state index contributed by atoms with van der Waals surface area (Å²) in [4.78, 5) is 45.6. The lowest BCUT2D eigenvalue weighted by Crippen LogP contribution is -2.47. The van der Waals surface area contributed by atoms with E-state index in [9.17, 15) is 19.2 Å². The second kappa shape index (κ2) is 9.44. The Kier molecular flexibility index (Phi) is 7.60. The Balaban J connectivity index is 3.02. The number of hydrogen-bond acceptors (Lipinski definition) is 8. The van der Waals surface area contributed by atoms with Crippen LogP contribution in [0.4, 0.5) is 14.4 Å². The Morgan fingerprint density at radius 2 is 1.79 bits per heavy atom. The molecule has 0 fully saturated rings. The molecule has 0 aliphatic heterocycles. The third kappa shape index (κ3) is 7.81. The first-order chi connectivity index (χ1) is 12.9. The highest BCUT2D eigenvalue weighted by Gasteiger charge is 2.24. The summed E-state index contributed by atoms with van der Waals surface area (Å²) < 4.78 is 18.8. The summed E-state index contributed by atoms with van der Waals surface area (Å²) >= 11 is 0. The van der Waals surface area contributed by atoms with Gasteiger partial charge < -0.3 is 35.1 Å². The average Bonchev–Trinajstić information content (AvgIpc) is 2.54. The minimum Gasteiger partial charge on any atom is -0.449 e. The number of ether oxygens (including phenoxy) is 4. The number of alkyl carbamates (subject to hydrolysis) is 1. The SMILES string of the molecule is COC(=O)Oc1ccc(C[C@H](NC(=O)OC(C)(C)C)C(N)=O)cc1OC(=O)O. The van der Waals surface area contributed by atoms with E-state index in [2.05, 4.69) is 14.8 Å². The lowest BCUT2D eigenvalue weighted by atomic mass is 10.0. The largest absolute Gasteiger partial charge is 0.513 e. The molecule has 4 N–H and O–H groups in total. The highest BCUT2D eigenvalue weighted by atomic mass is 16.7. The van der Waals surface area contributed by atoms with Gasteiger partial charge in [-0.3, -0.25) is 4.79 Å². The number of carbonyl (C=O) groups excluding carboxylic acids is 3. The second-order valence-electron chi connectivity index (χ2n) is 6.51. The topological polar surface area (TPSA) is 163 Å². The van der Waals surface area contributed by atoms with Crippen molar-refractivity contribution in [1.82, 2.24) is 5.32 Å². The van der Waals surface area contributed by atoms with Crippen LogP contribution in [-0.4, -0.2) is 48.2 Å². The smallest absolute Gasteiger partial charge is 0.449 e. The second-order valence-corrected chi connectivity index (χ2v) is 6.51. The van der Waals surface area contributed by atoms with E-state index in [1.807, 2.05) is 0 Å². The molecule has 0 aliphatic carbocycles. The number of methoxy groups -OCH3 is 1. The fourth-order valence-corrected chi connectivity index (χ4v) is 1.98. The molecule has 0 saturated heterocycles. The van der Waals surface area contributed by atoms with Crippen molar-refractivity contribution in [2.75, 3.05) is 7.11 Å². The summed E-state index contributed by atoms with van der Waals surface area (Å²) in [5, 5.41) is 11.2. The monoisotopic (exact) mass is 398 g/mol. The molecule has 1 atom stereocenters. The lowest BCUT2D eigenvalue weighted by molar-refractivity contribution is -0.120. The molecule has 0 radical (unpaired) electrons. The van der Waals surface area contributed by atoms with Crippen LogP contribution in [-0.2, 0) is 20.7 Å². The number of carboxylic acid groups (broad SMARTS) is 1. The first kappa shape index (κ1) is 22.5. The molecule has 11 heteroatoms. The molecule has 28 heavy (non-hydrogen) atoms. The van der Waals surface area contributed by atoms with Crippen molar-refractivity contribution in [3.8, 4) is 11.5 Å². The molecule has 154 valence electrons. The van der Waals surface area contributed by atoms with E-state index in [0.29, 0.717) is 5.56 Å². The Bertz CT molecular complexity index is 755. The fourth-order valence-electron chi connectivity index (χ4n) is 1.98. The lowest BCUT2D eigenvalue weighted by Gasteiger charge is -2.22. The van der Waals surface area contributed by atoms with Crippen molar-refractivity contribution < 1.29 is 43.2 Å². The van der Waals surface area contributed by atoms with Gasteiger partial charge in [-0.2, -0.15) is 0 Å². The molecule has 1 aromatic rings. The summed E-state index contributed by atoms with van der Waals surface area (Å²) in [5.74, 6) is -1.36. The Morgan fingerprint density at radius 3 is 2.29 bits per heavy atom. The zero-order valence-electron chi connectivity index (χ0n) is 15.8. The van der Waals surface area contributed by atoms with Gasteiger partial charge in [0, 0.05) is 6.42 Å². The van der Waals surface area contributed by atoms with E-state index in [0.717, 1.165) is 7.11 Å². The minimum absolute atomic E-state index is 0.0942. The van der Waals surface area contributed by atoms with Gasteiger partial charge in [0.25, 0.3) is 0 Å². The normalized spacial score (nSPS) is 11.7. The molecule has 11 nitrogen and oxygen atoms in total. The van der Waals surface area contributed by atoms with E-state index in [4.69, 9.17) is 20.3 Å². The van der Waals surface area contributed by atoms with Crippen molar-refractivity contribution in [3.05, 3.63) is 23.8 Å². The van der Waals surface area contributed by atoms with Crippen molar-refractivity contribution in [3.63, 3.8) is 0 Å². The average molecular weight is 398 g/mol. The zero-order valence-corrected chi connectivity index (χ0v) is 15.8. The number of rotatable bonds is 6. The Hall–Kier alpha value is -3.50. The number of nitrogens with one attached hydrogen (secondary N) is 1. The van der Waals surface area contributed by atoms with E-state index < -0.39 is 36.0 Å². The highest BCUT2D eigenvalue weighted by Crippen LogP contribution is 2.29. The molecule has 0 spiro atoms. The Morgan fingerprint density at radius 1 is 1.14 bits per heavy atom. The third-order valence-electron chi connectivity index (χ3n) is 3.04. The van der Waals surface area contributed by atoms with Crippen LogP contribution in [0.5, 0.6) is 11.5 Å². The van der Waals surface area contributed by atoms with Crippen molar-refractivity contribution in [2.45, 2.75) is 38.8 Å². The summed E-state index contributed by atoms with van der Waals surface area (Å²) in [6, 6.07) is 2.76. The summed E-state index contributed by atoms with van der Waals surface area (Å²) in [6.45, 7) is 4.96. The molecule has 0 saturated carbocycles. The van der Waals surface area contributed by atoms with Crippen molar-refractivity contribution in [1.29, 1.82) is 0 Å². The van der Waals surface area contributed by atoms with Crippen LogP contribution >= 0.6 is 0 Å². The van der Waals surface area contributed by atoms with Crippen LogP contribution in [0.25, 0.3) is 0 Å². The quantitative estimate of drug-likeness (QED) is 0.479. The molecule has 0 heterocycles. The molecule has 0 unspecified atom stereocenters. The predicted molar refractivity (Wildman–Crippen MR) is 94.2 cm³/mol. The first-order valence-electron chi connectivity index (χ1n) is 7.99. The summed E-state index contributed by atoms with van der Waals surface area (Å²) in [5.41, 5.74) is 4.90. The molecular formula is C17H22N2O9. The van der Waals surface area contributed by atoms with Crippen LogP contribution in [0, 0.1) is 0 Å². The van der Waals surface area contributed by atoms with Gasteiger partial charge in [0.1, 0.15) is 11.6 Å². The first-order valence-corrected chi connectivity index (χ1v) is 7.99. The molecular weight excluding hydrogens is 376 g/mol. The van der Waals surface area contributed by atoms with E-state index >= 15 is 0 Å². The van der Waals surface area contributed by atoms with Crippen molar-refractivity contribution >= 4 is 24.3 Å². The number of carbonyl (C=O) groups is 4. The van der Waals surface area contributed by atoms with Crippen LogP contribution < -0.4 is 20.5 Å². The van der Waals surface area contributed by atoms with E-state index in [1.54, 1.807) is 20.8 Å². The maximum atomic E-state index is 11.9. The van der Waals surface area contributed by atoms with Gasteiger partial charge in [-0.1, -0.05) is 6.07 Å². The molecule has 1 aromatic carbocycles. The van der Waals surface area contributed by atoms with E-state index in [1.165, 1.54) is 18.2 Å². The van der Waals surface area contributed by atoms with Gasteiger partial charge in [0.2, 0.25) is 5.91 Å². The van der Waals surface area contributed by atoms with Gasteiger partial charge >= 0.3 is 18.4 Å². The molecule has 1 rings (SSSR count). The zero-order chi connectivity index (χ0) is 21.5. The van der Waals surface area contributed by atoms with Gasteiger partial charge in [0.05, 0.1) is 7.11 Å². The van der Waals surface area contributed by atoms with Crippen LogP contribution in [0.3, 0.4) is 0 Å². The number of hydrogen-bond donors (Lipinski definition) is 3.